The van der Waals surface area contributed by atoms with E-state index in [0.29, 0.717) is 12.5 Å². The molecule has 0 fully saturated rings. The predicted molar refractivity (Wildman–Crippen MR) is 209 cm³/mol. The van der Waals surface area contributed by atoms with Crippen molar-refractivity contribution < 1.29 is 19.5 Å². The lowest BCUT2D eigenvalue weighted by Crippen LogP contribution is -2.11. The van der Waals surface area contributed by atoms with Crippen LogP contribution in [0.25, 0.3) is 0 Å². The van der Waals surface area contributed by atoms with E-state index in [2.05, 4.69) is 13.8 Å². The van der Waals surface area contributed by atoms with Gasteiger partial charge in [-0.1, -0.05) is 206 Å². The third kappa shape index (κ3) is 24.2. The van der Waals surface area contributed by atoms with Gasteiger partial charge in [0.2, 0.25) is 5.88 Å². The van der Waals surface area contributed by atoms with E-state index in [1.807, 2.05) is 0 Å². The Hall–Kier alpha value is -1.01. The molecule has 1 aromatic rings. The van der Waals surface area contributed by atoms with Gasteiger partial charge in [-0.15, -0.1) is 0 Å². The molecule has 0 aliphatic carbocycles. The summed E-state index contributed by atoms with van der Waals surface area (Å²) < 4.78 is 13.8. The van der Waals surface area contributed by atoms with E-state index >= 15 is 0 Å². The Labute approximate surface area is 300 Å². The summed E-state index contributed by atoms with van der Waals surface area (Å²) in [5.41, 5.74) is 0. The lowest BCUT2D eigenvalue weighted by Gasteiger charge is -2.19. The van der Waals surface area contributed by atoms with Crippen LogP contribution in [-0.2, 0) is 17.3 Å². The number of aromatic nitrogens is 1. The van der Waals surface area contributed by atoms with Crippen LogP contribution in [-0.4, -0.2) is 36.5 Å². The quantitative estimate of drug-likeness (QED) is 0.0605. The van der Waals surface area contributed by atoms with Gasteiger partial charge in [-0.25, -0.2) is 0 Å². The average Bonchev–Trinajstić information content (AvgIpc) is 3.36. The van der Waals surface area contributed by atoms with E-state index in [1.54, 1.807) is 0 Å². The molecule has 2 unspecified atom stereocenters. The van der Waals surface area contributed by atoms with Crippen LogP contribution in [0.1, 0.15) is 219 Å². The second kappa shape index (κ2) is 33.2. The number of aromatic hydroxyl groups is 2. The Morgan fingerprint density at radius 2 is 0.854 bits per heavy atom. The van der Waals surface area contributed by atoms with Crippen molar-refractivity contribution in [2.24, 2.45) is 5.92 Å². The largest absolute Gasteiger partial charge is 0.494 e. The molecule has 0 saturated heterocycles. The van der Waals surface area contributed by atoms with Crippen molar-refractivity contribution in [2.45, 2.75) is 231 Å². The van der Waals surface area contributed by atoms with Gasteiger partial charge in [0.15, 0.2) is 5.88 Å². The summed E-state index contributed by atoms with van der Waals surface area (Å²) in [6.07, 6.45) is 43.7. The first-order valence-corrected chi connectivity index (χ1v) is 22.5. The van der Waals surface area contributed by atoms with Crippen molar-refractivity contribution in [3.05, 3.63) is 6.07 Å². The summed E-state index contributed by atoms with van der Waals surface area (Å²) in [6, 6.07) is 1.40. The summed E-state index contributed by atoms with van der Waals surface area (Å²) in [6.45, 7) is 4.87. The topological polar surface area (TPSA) is 82.7 Å². The standard InChI is InChI=1S/C42H81NO4S/c1-3-5-7-9-10-11-12-13-14-15-16-17-18-19-20-21-22-23-24-25-26-27-28-29-30-32-34-39(33-31-8-6-4-2)38-43-41(45)37-40(42(43)46)48(47)36-35-44/h37,39,44-46H,3-36,38H2,1-2H3. The number of hydrogen-bond acceptors (Lipinski definition) is 4. The molecule has 48 heavy (non-hydrogen) atoms. The first-order chi connectivity index (χ1) is 23.5. The molecule has 1 aromatic heterocycles. The van der Waals surface area contributed by atoms with Gasteiger partial charge >= 0.3 is 0 Å². The van der Waals surface area contributed by atoms with Gasteiger partial charge in [0.1, 0.15) is 4.90 Å². The summed E-state index contributed by atoms with van der Waals surface area (Å²) in [5, 5.41) is 30.2. The maximum atomic E-state index is 12.3. The highest BCUT2D eigenvalue weighted by molar-refractivity contribution is 7.85. The third-order valence-corrected chi connectivity index (χ3v) is 11.8. The molecule has 2 atom stereocenters. The van der Waals surface area contributed by atoms with Crippen LogP contribution in [0, 0.1) is 5.92 Å². The van der Waals surface area contributed by atoms with E-state index in [9.17, 15) is 14.4 Å². The molecule has 5 nitrogen and oxygen atoms in total. The van der Waals surface area contributed by atoms with Crippen molar-refractivity contribution in [3.8, 4) is 11.8 Å². The van der Waals surface area contributed by atoms with Gasteiger partial charge in [0.25, 0.3) is 0 Å². The minimum absolute atomic E-state index is 0.0302. The smallest absolute Gasteiger partial charge is 0.210 e. The summed E-state index contributed by atoms with van der Waals surface area (Å²) >= 11 is 0. The van der Waals surface area contributed by atoms with E-state index in [4.69, 9.17) is 5.11 Å². The summed E-state index contributed by atoms with van der Waals surface area (Å²) in [7, 11) is -1.51. The maximum absolute atomic E-state index is 12.3. The van der Waals surface area contributed by atoms with Crippen molar-refractivity contribution in [1.82, 2.24) is 4.57 Å². The van der Waals surface area contributed by atoms with Gasteiger partial charge in [0, 0.05) is 12.6 Å². The van der Waals surface area contributed by atoms with Gasteiger partial charge in [-0.3, -0.25) is 8.78 Å². The number of unbranched alkanes of at least 4 members (excludes halogenated alkanes) is 28. The molecule has 0 bridgehead atoms. The summed E-state index contributed by atoms with van der Waals surface area (Å²) in [4.78, 5) is 0.228. The molecular formula is C42H81NO4S. The number of rotatable bonds is 37. The Balaban J connectivity index is 2.00. The average molecular weight is 696 g/mol. The zero-order chi connectivity index (χ0) is 34.9. The van der Waals surface area contributed by atoms with Crippen molar-refractivity contribution in [3.63, 3.8) is 0 Å². The minimum atomic E-state index is -1.51. The van der Waals surface area contributed by atoms with E-state index in [0.717, 1.165) is 12.8 Å². The minimum Gasteiger partial charge on any atom is -0.494 e. The van der Waals surface area contributed by atoms with Crippen LogP contribution in [0.5, 0.6) is 11.8 Å². The van der Waals surface area contributed by atoms with Gasteiger partial charge in [0.05, 0.1) is 23.2 Å². The first-order valence-electron chi connectivity index (χ1n) is 21.2. The number of aliphatic hydroxyl groups is 1. The second-order valence-corrected chi connectivity index (χ2v) is 16.5. The highest BCUT2D eigenvalue weighted by atomic mass is 32.2. The fraction of sp³-hybridized carbons (Fsp3) is 0.905. The Kier molecular flexibility index (Phi) is 31.1. The van der Waals surface area contributed by atoms with Crippen LogP contribution >= 0.6 is 0 Å². The van der Waals surface area contributed by atoms with Crippen molar-refractivity contribution in [2.75, 3.05) is 12.4 Å². The van der Waals surface area contributed by atoms with Crippen LogP contribution in [0.4, 0.5) is 0 Å². The monoisotopic (exact) mass is 696 g/mol. The fourth-order valence-corrected chi connectivity index (χ4v) is 8.17. The van der Waals surface area contributed by atoms with Crippen molar-refractivity contribution in [1.29, 1.82) is 0 Å². The number of hydrogen-bond donors (Lipinski definition) is 3. The Morgan fingerprint density at radius 3 is 1.19 bits per heavy atom. The Bertz CT molecular complexity index is 857. The zero-order valence-electron chi connectivity index (χ0n) is 32.0. The molecule has 1 rings (SSSR count). The number of nitrogens with zero attached hydrogens (tertiary/aromatic N) is 1. The maximum Gasteiger partial charge on any atom is 0.210 e. The Morgan fingerprint density at radius 1 is 0.542 bits per heavy atom. The molecule has 0 aromatic carbocycles. The number of aliphatic hydroxyl groups excluding tert-OH is 1. The molecule has 3 N–H and O–H groups in total. The highest BCUT2D eigenvalue weighted by Crippen LogP contribution is 2.33. The molecule has 0 radical (unpaired) electrons. The predicted octanol–water partition coefficient (Wildman–Crippen LogP) is 13.1. The van der Waals surface area contributed by atoms with E-state index < -0.39 is 10.8 Å². The lowest BCUT2D eigenvalue weighted by molar-refractivity contribution is 0.301. The van der Waals surface area contributed by atoms with E-state index in [1.165, 1.54) is 203 Å². The van der Waals surface area contributed by atoms with E-state index in [-0.39, 0.29) is 29.0 Å². The molecular weight excluding hydrogens is 615 g/mol. The van der Waals surface area contributed by atoms with Crippen molar-refractivity contribution >= 4 is 10.8 Å². The molecule has 0 amide bonds. The van der Waals surface area contributed by atoms with Crippen LogP contribution in [0.15, 0.2) is 11.0 Å². The van der Waals surface area contributed by atoms with Crippen LogP contribution < -0.4 is 0 Å². The second-order valence-electron chi connectivity index (χ2n) is 14.9. The van der Waals surface area contributed by atoms with Gasteiger partial charge in [-0.05, 0) is 18.8 Å². The SMILES string of the molecule is CCCCCCCCCCCCCCCCCCCCCCCCCCCCC(CCCCCC)Cn1c(O)cc(S(=O)CCO)c1O. The van der Waals surface area contributed by atoms with Crippen LogP contribution in [0.3, 0.4) is 0 Å². The summed E-state index contributed by atoms with van der Waals surface area (Å²) in [5.74, 6) is 0.316. The van der Waals surface area contributed by atoms with Gasteiger partial charge < -0.3 is 15.3 Å². The first kappa shape index (κ1) is 45.0. The molecule has 284 valence electrons. The van der Waals surface area contributed by atoms with Gasteiger partial charge in [-0.2, -0.15) is 0 Å². The molecule has 0 aliphatic rings. The normalized spacial score (nSPS) is 13.0. The third-order valence-electron chi connectivity index (χ3n) is 10.4. The molecule has 0 aliphatic heterocycles. The van der Waals surface area contributed by atoms with Crippen LogP contribution in [0.2, 0.25) is 0 Å². The molecule has 0 spiro atoms. The molecule has 6 heteroatoms. The molecule has 0 saturated carbocycles. The zero-order valence-corrected chi connectivity index (χ0v) is 32.8. The lowest BCUT2D eigenvalue weighted by atomic mass is 9.94. The fourth-order valence-electron chi connectivity index (χ4n) is 7.24. The highest BCUT2D eigenvalue weighted by Gasteiger charge is 2.21. The molecule has 1 heterocycles.